The molecule has 0 fully saturated rings. The van der Waals surface area contributed by atoms with E-state index in [0.717, 1.165) is 11.3 Å². The van der Waals surface area contributed by atoms with Gasteiger partial charge in [0.1, 0.15) is 5.75 Å². The second-order valence-corrected chi connectivity index (χ2v) is 5.30. The fourth-order valence-electron chi connectivity index (χ4n) is 2.05. The molecule has 0 bridgehead atoms. The summed E-state index contributed by atoms with van der Waals surface area (Å²) in [4.78, 5) is 33.5. The van der Waals surface area contributed by atoms with E-state index in [0.29, 0.717) is 12.3 Å². The molecule has 0 aliphatic heterocycles. The highest BCUT2D eigenvalue weighted by molar-refractivity contribution is 5.94. The number of anilines is 1. The Balaban J connectivity index is 1.78. The van der Waals surface area contributed by atoms with Crippen LogP contribution in [-0.4, -0.2) is 30.0 Å². The molecule has 0 aliphatic rings. The number of carbonyl (C=O) groups excluding carboxylic acids is 2. The van der Waals surface area contributed by atoms with Crippen LogP contribution in [0, 0.1) is 10.1 Å². The van der Waals surface area contributed by atoms with Gasteiger partial charge in [0.2, 0.25) is 0 Å². The van der Waals surface area contributed by atoms with Crippen molar-refractivity contribution in [2.24, 2.45) is 0 Å². The third-order valence-electron chi connectivity index (χ3n) is 3.31. The summed E-state index contributed by atoms with van der Waals surface area (Å²) in [6.45, 7) is 1.99. The van der Waals surface area contributed by atoms with Gasteiger partial charge in [-0.25, -0.2) is 4.79 Å². The number of nitro benzene ring substituents is 1. The molecule has 0 unspecified atom stereocenters. The van der Waals surface area contributed by atoms with Crippen LogP contribution in [-0.2, 0) is 14.3 Å². The lowest BCUT2D eigenvalue weighted by Gasteiger charge is -2.05. The van der Waals surface area contributed by atoms with Crippen molar-refractivity contribution in [1.29, 1.82) is 0 Å². The van der Waals surface area contributed by atoms with Gasteiger partial charge in [-0.05, 0) is 42.8 Å². The molecule has 0 spiro atoms. The lowest BCUT2D eigenvalue weighted by atomic mass is 10.2. The average molecular weight is 370 g/mol. The zero-order valence-corrected chi connectivity index (χ0v) is 14.6. The highest BCUT2D eigenvalue weighted by Gasteiger charge is 2.08. The number of nitrogens with zero attached hydrogens (tertiary/aromatic N) is 1. The lowest BCUT2D eigenvalue weighted by molar-refractivity contribution is -0.384. The summed E-state index contributed by atoms with van der Waals surface area (Å²) in [7, 11) is 0. The first-order valence-corrected chi connectivity index (χ1v) is 8.10. The van der Waals surface area contributed by atoms with E-state index in [1.807, 2.05) is 6.92 Å². The Kier molecular flexibility index (Phi) is 7.07. The fraction of sp³-hybridized carbons (Fsp3) is 0.158. The van der Waals surface area contributed by atoms with Gasteiger partial charge in [0, 0.05) is 23.9 Å². The van der Waals surface area contributed by atoms with Crippen molar-refractivity contribution in [3.05, 3.63) is 70.3 Å². The lowest BCUT2D eigenvalue weighted by Crippen LogP contribution is -2.20. The van der Waals surface area contributed by atoms with Crippen molar-refractivity contribution in [3.63, 3.8) is 0 Å². The predicted molar refractivity (Wildman–Crippen MR) is 99.3 cm³/mol. The van der Waals surface area contributed by atoms with E-state index in [-0.39, 0.29) is 5.69 Å². The second kappa shape index (κ2) is 9.71. The zero-order valence-electron chi connectivity index (χ0n) is 14.6. The van der Waals surface area contributed by atoms with Crippen LogP contribution < -0.4 is 10.1 Å². The summed E-state index contributed by atoms with van der Waals surface area (Å²) in [6, 6.07) is 12.5. The SMILES string of the molecule is CCOc1ccc(/C=C/C(=O)OCC(=O)Nc2ccc([N+](=O)[O-])cc2)cc1. The molecule has 2 aromatic carbocycles. The minimum absolute atomic E-state index is 0.0844. The first kappa shape index (κ1) is 19.6. The first-order valence-electron chi connectivity index (χ1n) is 8.10. The number of esters is 1. The Bertz CT molecular complexity index is 828. The maximum Gasteiger partial charge on any atom is 0.331 e. The number of amides is 1. The van der Waals surface area contributed by atoms with Gasteiger partial charge in [-0.1, -0.05) is 12.1 Å². The van der Waals surface area contributed by atoms with E-state index in [1.165, 1.54) is 30.3 Å². The maximum absolute atomic E-state index is 11.7. The summed E-state index contributed by atoms with van der Waals surface area (Å²) in [5.41, 5.74) is 1.07. The number of non-ortho nitro benzene ring substituents is 1. The van der Waals surface area contributed by atoms with Gasteiger partial charge >= 0.3 is 5.97 Å². The van der Waals surface area contributed by atoms with Gasteiger partial charge < -0.3 is 14.8 Å². The molecule has 0 saturated carbocycles. The standard InChI is InChI=1S/C19H18N2O6/c1-2-26-17-10-3-14(4-11-17)5-12-19(23)27-13-18(22)20-15-6-8-16(9-7-15)21(24)25/h3-12H,2,13H2,1H3,(H,20,22)/b12-5+. The molecule has 0 aromatic heterocycles. The summed E-state index contributed by atoms with van der Waals surface area (Å²) < 4.78 is 10.2. The highest BCUT2D eigenvalue weighted by atomic mass is 16.6. The number of nitrogens with one attached hydrogen (secondary N) is 1. The molecule has 2 rings (SSSR count). The van der Waals surface area contributed by atoms with Crippen molar-refractivity contribution in [1.82, 2.24) is 0 Å². The molecule has 140 valence electrons. The minimum Gasteiger partial charge on any atom is -0.494 e. The van der Waals surface area contributed by atoms with Crippen LogP contribution in [0.2, 0.25) is 0 Å². The van der Waals surface area contributed by atoms with Crippen LogP contribution in [0.25, 0.3) is 6.08 Å². The van der Waals surface area contributed by atoms with Crippen molar-refractivity contribution in [2.45, 2.75) is 6.92 Å². The minimum atomic E-state index is -0.664. The zero-order chi connectivity index (χ0) is 19.6. The topological polar surface area (TPSA) is 108 Å². The largest absolute Gasteiger partial charge is 0.494 e. The number of nitro groups is 1. The van der Waals surface area contributed by atoms with Gasteiger partial charge in [-0.3, -0.25) is 14.9 Å². The molecule has 0 atom stereocenters. The average Bonchev–Trinajstić information content (AvgIpc) is 2.66. The number of ether oxygens (including phenoxy) is 2. The van der Waals surface area contributed by atoms with Crippen LogP contribution >= 0.6 is 0 Å². The van der Waals surface area contributed by atoms with Gasteiger partial charge in [0.25, 0.3) is 11.6 Å². The maximum atomic E-state index is 11.7. The van der Waals surface area contributed by atoms with Crippen LogP contribution in [0.15, 0.2) is 54.6 Å². The number of benzene rings is 2. The molecular weight excluding hydrogens is 352 g/mol. The van der Waals surface area contributed by atoms with E-state index >= 15 is 0 Å². The second-order valence-electron chi connectivity index (χ2n) is 5.30. The monoisotopic (exact) mass is 370 g/mol. The number of carbonyl (C=O) groups is 2. The van der Waals surface area contributed by atoms with E-state index in [4.69, 9.17) is 9.47 Å². The highest BCUT2D eigenvalue weighted by Crippen LogP contribution is 2.15. The van der Waals surface area contributed by atoms with Gasteiger partial charge in [0.05, 0.1) is 11.5 Å². The molecule has 1 amide bonds. The summed E-state index contributed by atoms with van der Waals surface area (Å²) in [5.74, 6) is -0.477. The van der Waals surface area contributed by atoms with Gasteiger partial charge in [0.15, 0.2) is 6.61 Å². The molecule has 0 heterocycles. The normalized spacial score (nSPS) is 10.4. The Hall–Kier alpha value is -3.68. The number of hydrogen-bond acceptors (Lipinski definition) is 6. The van der Waals surface area contributed by atoms with Crippen LogP contribution in [0.3, 0.4) is 0 Å². The van der Waals surface area contributed by atoms with E-state index < -0.39 is 23.4 Å². The van der Waals surface area contributed by atoms with Crippen LogP contribution in [0.5, 0.6) is 5.75 Å². The smallest absolute Gasteiger partial charge is 0.331 e. The van der Waals surface area contributed by atoms with Crippen molar-refractivity contribution in [2.75, 3.05) is 18.5 Å². The molecule has 0 saturated heterocycles. The number of rotatable bonds is 8. The first-order chi connectivity index (χ1) is 13.0. The molecule has 0 radical (unpaired) electrons. The van der Waals surface area contributed by atoms with E-state index in [1.54, 1.807) is 30.3 Å². The fourth-order valence-corrected chi connectivity index (χ4v) is 2.05. The molecule has 27 heavy (non-hydrogen) atoms. The van der Waals surface area contributed by atoms with Crippen LogP contribution in [0.4, 0.5) is 11.4 Å². The summed E-state index contributed by atoms with van der Waals surface area (Å²) >= 11 is 0. The van der Waals surface area contributed by atoms with Gasteiger partial charge in [-0.15, -0.1) is 0 Å². The van der Waals surface area contributed by atoms with Crippen molar-refractivity contribution < 1.29 is 24.0 Å². The van der Waals surface area contributed by atoms with Crippen LogP contribution in [0.1, 0.15) is 12.5 Å². The van der Waals surface area contributed by atoms with E-state index in [2.05, 4.69) is 5.32 Å². The third-order valence-corrected chi connectivity index (χ3v) is 3.31. The molecule has 8 heteroatoms. The summed E-state index contributed by atoms with van der Waals surface area (Å²) in [5, 5.41) is 13.0. The predicted octanol–water partition coefficient (Wildman–Crippen LogP) is 3.19. The Morgan fingerprint density at radius 3 is 2.37 bits per heavy atom. The Labute approximate surface area is 155 Å². The van der Waals surface area contributed by atoms with Crippen molar-refractivity contribution in [3.8, 4) is 5.75 Å². The molecule has 2 aromatic rings. The summed E-state index contributed by atoms with van der Waals surface area (Å²) in [6.07, 6.45) is 2.78. The third kappa shape index (κ3) is 6.62. The van der Waals surface area contributed by atoms with Gasteiger partial charge in [-0.2, -0.15) is 0 Å². The number of hydrogen-bond donors (Lipinski definition) is 1. The van der Waals surface area contributed by atoms with E-state index in [9.17, 15) is 19.7 Å². The Morgan fingerprint density at radius 2 is 1.78 bits per heavy atom. The Morgan fingerprint density at radius 1 is 1.11 bits per heavy atom. The molecular formula is C19H18N2O6. The molecule has 1 N–H and O–H groups in total. The quantitative estimate of drug-likeness (QED) is 0.331. The molecule has 8 nitrogen and oxygen atoms in total. The van der Waals surface area contributed by atoms with Crippen molar-refractivity contribution >= 4 is 29.3 Å². The molecule has 0 aliphatic carbocycles.